The van der Waals surface area contributed by atoms with E-state index in [9.17, 15) is 9.59 Å². The average molecular weight is 392 g/mol. The Morgan fingerprint density at radius 1 is 1.17 bits per heavy atom. The van der Waals surface area contributed by atoms with Crippen molar-refractivity contribution >= 4 is 6.09 Å². The van der Waals surface area contributed by atoms with Crippen LogP contribution < -0.4 is 10.9 Å². The lowest BCUT2D eigenvalue weighted by Gasteiger charge is -2.24. The lowest BCUT2D eigenvalue weighted by molar-refractivity contribution is 0.0503. The van der Waals surface area contributed by atoms with Gasteiger partial charge < -0.3 is 15.0 Å². The zero-order valence-electron chi connectivity index (χ0n) is 16.7. The number of hydrogen-bond acceptors (Lipinski definition) is 5. The maximum Gasteiger partial charge on any atom is 0.408 e. The number of H-pyrrole nitrogens is 1. The number of ether oxygens (including phenoxy) is 1. The first-order chi connectivity index (χ1) is 13.8. The fourth-order valence-electron chi connectivity index (χ4n) is 2.85. The Kier molecular flexibility index (Phi) is 6.07. The molecule has 7 heteroatoms. The van der Waals surface area contributed by atoms with E-state index in [0.29, 0.717) is 23.5 Å². The molecule has 0 bridgehead atoms. The zero-order valence-corrected chi connectivity index (χ0v) is 16.7. The summed E-state index contributed by atoms with van der Waals surface area (Å²) in [6, 6.07) is 14.2. The Hall–Kier alpha value is -3.48. The van der Waals surface area contributed by atoms with Gasteiger partial charge in [0.2, 0.25) is 0 Å². The molecule has 0 spiro atoms. The van der Waals surface area contributed by atoms with Crippen LogP contribution in [0.3, 0.4) is 0 Å². The van der Waals surface area contributed by atoms with Crippen LogP contribution in [0.25, 0.3) is 11.4 Å². The lowest BCUT2D eigenvalue weighted by atomic mass is 10.0. The Bertz CT molecular complexity index is 1010. The van der Waals surface area contributed by atoms with Crippen LogP contribution in [0.5, 0.6) is 0 Å². The Balaban J connectivity index is 1.89. The van der Waals surface area contributed by atoms with Crippen molar-refractivity contribution in [1.29, 1.82) is 0 Å². The summed E-state index contributed by atoms with van der Waals surface area (Å²) in [5.74, 6) is 0.435. The average Bonchev–Trinajstić information content (AvgIpc) is 2.67. The molecule has 0 aliphatic heterocycles. The molecule has 2 heterocycles. The van der Waals surface area contributed by atoms with Crippen molar-refractivity contribution in [2.75, 3.05) is 0 Å². The van der Waals surface area contributed by atoms with Gasteiger partial charge in [0, 0.05) is 30.4 Å². The van der Waals surface area contributed by atoms with Crippen molar-refractivity contribution in [3.8, 4) is 11.4 Å². The van der Waals surface area contributed by atoms with Crippen molar-refractivity contribution in [3.05, 3.63) is 82.5 Å². The van der Waals surface area contributed by atoms with E-state index in [1.54, 1.807) is 18.5 Å². The molecule has 0 fully saturated rings. The van der Waals surface area contributed by atoms with Crippen LogP contribution >= 0.6 is 0 Å². The van der Waals surface area contributed by atoms with Gasteiger partial charge in [0.25, 0.3) is 5.56 Å². The normalized spacial score (nSPS) is 12.2. The summed E-state index contributed by atoms with van der Waals surface area (Å²) in [4.78, 5) is 35.9. The number of rotatable bonds is 5. The molecule has 2 aromatic heterocycles. The maximum absolute atomic E-state index is 12.4. The molecule has 0 aliphatic carbocycles. The molecule has 1 atom stereocenters. The largest absolute Gasteiger partial charge is 0.444 e. The highest BCUT2D eigenvalue weighted by molar-refractivity contribution is 5.68. The van der Waals surface area contributed by atoms with Crippen LogP contribution in [0, 0.1) is 0 Å². The van der Waals surface area contributed by atoms with E-state index in [0.717, 1.165) is 5.56 Å². The molecule has 0 aliphatic rings. The molecule has 2 N–H and O–H groups in total. The Morgan fingerprint density at radius 2 is 1.93 bits per heavy atom. The topological polar surface area (TPSA) is 97.0 Å². The Morgan fingerprint density at radius 3 is 2.59 bits per heavy atom. The quantitative estimate of drug-likeness (QED) is 0.691. The number of aromatic amines is 1. The van der Waals surface area contributed by atoms with Crippen molar-refractivity contribution in [2.24, 2.45) is 0 Å². The first-order valence-corrected chi connectivity index (χ1v) is 9.35. The molecular formula is C22H24N4O3. The molecule has 7 nitrogen and oxygen atoms in total. The van der Waals surface area contributed by atoms with Crippen molar-refractivity contribution in [2.45, 2.75) is 38.8 Å². The highest BCUT2D eigenvalue weighted by atomic mass is 16.6. The van der Waals surface area contributed by atoms with Gasteiger partial charge in [-0.1, -0.05) is 30.3 Å². The van der Waals surface area contributed by atoms with Crippen molar-refractivity contribution < 1.29 is 9.53 Å². The third kappa shape index (κ3) is 6.00. The van der Waals surface area contributed by atoms with E-state index in [4.69, 9.17) is 4.74 Å². The molecule has 150 valence electrons. The van der Waals surface area contributed by atoms with Crippen LogP contribution in [0.1, 0.15) is 38.1 Å². The SMILES string of the molecule is CC(C)(C)OC(=O)NC(Cc1cc(=O)[nH]c(-c2cccnc2)n1)c1ccccc1. The number of benzene rings is 1. The monoisotopic (exact) mass is 392 g/mol. The molecule has 0 saturated carbocycles. The minimum Gasteiger partial charge on any atom is -0.444 e. The van der Waals surface area contributed by atoms with Gasteiger partial charge in [-0.2, -0.15) is 0 Å². The molecule has 1 amide bonds. The lowest BCUT2D eigenvalue weighted by Crippen LogP contribution is -2.36. The molecular weight excluding hydrogens is 368 g/mol. The molecule has 0 saturated heterocycles. The third-order valence-electron chi connectivity index (χ3n) is 4.04. The van der Waals surface area contributed by atoms with E-state index >= 15 is 0 Å². The minimum atomic E-state index is -0.610. The van der Waals surface area contributed by atoms with Gasteiger partial charge in [-0.25, -0.2) is 9.78 Å². The summed E-state index contributed by atoms with van der Waals surface area (Å²) in [6.07, 6.45) is 3.10. The summed E-state index contributed by atoms with van der Waals surface area (Å²) in [7, 11) is 0. The van der Waals surface area contributed by atoms with Crippen LogP contribution in [-0.4, -0.2) is 26.6 Å². The van der Waals surface area contributed by atoms with Crippen LogP contribution in [0.15, 0.2) is 65.7 Å². The molecule has 29 heavy (non-hydrogen) atoms. The van der Waals surface area contributed by atoms with Crippen LogP contribution in [0.2, 0.25) is 0 Å². The fraction of sp³-hybridized carbons (Fsp3) is 0.273. The van der Waals surface area contributed by atoms with Crippen LogP contribution in [-0.2, 0) is 11.2 Å². The summed E-state index contributed by atoms with van der Waals surface area (Å²) in [6.45, 7) is 5.42. The predicted molar refractivity (Wildman–Crippen MR) is 110 cm³/mol. The fourth-order valence-corrected chi connectivity index (χ4v) is 2.85. The number of amides is 1. The second-order valence-corrected chi connectivity index (χ2v) is 7.64. The number of nitrogens with zero attached hydrogens (tertiary/aromatic N) is 2. The molecule has 0 radical (unpaired) electrons. The molecule has 3 rings (SSSR count). The molecule has 3 aromatic rings. The predicted octanol–water partition coefficient (Wildman–Crippen LogP) is 3.64. The second kappa shape index (κ2) is 8.68. The van der Waals surface area contributed by atoms with Gasteiger partial charge in [0.05, 0.1) is 11.7 Å². The van der Waals surface area contributed by atoms with Crippen LogP contribution in [0.4, 0.5) is 4.79 Å². The van der Waals surface area contributed by atoms with Gasteiger partial charge in [0.15, 0.2) is 0 Å². The Labute approximate surface area is 169 Å². The summed E-state index contributed by atoms with van der Waals surface area (Å²) < 4.78 is 5.40. The first kappa shape index (κ1) is 20.3. The van der Waals surface area contributed by atoms with E-state index in [1.165, 1.54) is 6.07 Å². The molecule has 1 aromatic carbocycles. The number of carbonyl (C=O) groups is 1. The van der Waals surface area contributed by atoms with Gasteiger partial charge >= 0.3 is 6.09 Å². The number of aromatic nitrogens is 3. The maximum atomic E-state index is 12.4. The van der Waals surface area contributed by atoms with Crippen molar-refractivity contribution in [3.63, 3.8) is 0 Å². The number of nitrogens with one attached hydrogen (secondary N) is 2. The third-order valence-corrected chi connectivity index (χ3v) is 4.04. The smallest absolute Gasteiger partial charge is 0.408 e. The van der Waals surface area contributed by atoms with Gasteiger partial charge in [0.1, 0.15) is 11.4 Å². The highest BCUT2D eigenvalue weighted by Crippen LogP contribution is 2.20. The number of hydrogen-bond donors (Lipinski definition) is 2. The van der Waals surface area contributed by atoms with Gasteiger partial charge in [-0.3, -0.25) is 9.78 Å². The first-order valence-electron chi connectivity index (χ1n) is 9.35. The number of carbonyl (C=O) groups excluding carboxylic acids is 1. The van der Waals surface area contributed by atoms with E-state index in [1.807, 2.05) is 57.2 Å². The summed E-state index contributed by atoms with van der Waals surface area (Å²) in [5.41, 5.74) is 1.28. The summed E-state index contributed by atoms with van der Waals surface area (Å²) >= 11 is 0. The molecule has 1 unspecified atom stereocenters. The minimum absolute atomic E-state index is 0.266. The van der Waals surface area contributed by atoms with Crippen molar-refractivity contribution in [1.82, 2.24) is 20.3 Å². The second-order valence-electron chi connectivity index (χ2n) is 7.64. The standard InChI is InChI=1S/C22H24N4O3/c1-22(2,3)29-21(28)25-18(15-8-5-4-6-9-15)12-17-13-19(27)26-20(24-17)16-10-7-11-23-14-16/h4-11,13-14,18H,12H2,1-3H3,(H,25,28)(H,24,26,27). The van der Waals surface area contributed by atoms with E-state index in [-0.39, 0.29) is 5.56 Å². The summed E-state index contributed by atoms with van der Waals surface area (Å²) in [5, 5.41) is 2.89. The van der Waals surface area contributed by atoms with Gasteiger partial charge in [-0.05, 0) is 38.5 Å². The van der Waals surface area contributed by atoms with E-state index < -0.39 is 17.7 Å². The number of alkyl carbamates (subject to hydrolysis) is 1. The van der Waals surface area contributed by atoms with Gasteiger partial charge in [-0.15, -0.1) is 0 Å². The zero-order chi connectivity index (χ0) is 20.9. The number of pyridine rings is 1. The highest BCUT2D eigenvalue weighted by Gasteiger charge is 2.21. The van der Waals surface area contributed by atoms with E-state index in [2.05, 4.69) is 20.3 Å².